The maximum Gasteiger partial charge on any atom is 0.319 e. The van der Waals surface area contributed by atoms with Crippen LogP contribution in [0.25, 0.3) is 21.8 Å². The van der Waals surface area contributed by atoms with Gasteiger partial charge in [0.15, 0.2) is 11.5 Å². The van der Waals surface area contributed by atoms with Gasteiger partial charge in [-0.25, -0.2) is 4.79 Å². The number of methoxy groups -OCH3 is 1. The number of carbonyl (C=O) groups is 4. The number of nitrogens with one attached hydrogen (secondary N) is 3. The number of anilines is 2. The highest BCUT2D eigenvalue weighted by atomic mass is 16.5. The van der Waals surface area contributed by atoms with Crippen LogP contribution in [0.2, 0.25) is 0 Å². The molecule has 7 N–H and O–H groups in total. The molecule has 2 aromatic carbocycles. The number of ketones is 1. The van der Waals surface area contributed by atoms with E-state index < -0.39 is 11.9 Å². The van der Waals surface area contributed by atoms with Crippen molar-refractivity contribution in [2.45, 2.75) is 38.5 Å². The van der Waals surface area contributed by atoms with Crippen LogP contribution in [0.1, 0.15) is 65.7 Å². The minimum absolute atomic E-state index is 0.0639. The zero-order chi connectivity index (χ0) is 35.4. The highest BCUT2D eigenvalue weighted by Gasteiger charge is 2.68. The number of ether oxygens (including phenoxy) is 1. The van der Waals surface area contributed by atoms with Gasteiger partial charge in [-0.2, -0.15) is 0 Å². The van der Waals surface area contributed by atoms with Crippen molar-refractivity contribution in [2.24, 2.45) is 11.7 Å². The number of aromatic amines is 3. The van der Waals surface area contributed by atoms with E-state index in [0.29, 0.717) is 64.0 Å². The van der Waals surface area contributed by atoms with E-state index in [1.807, 2.05) is 13.1 Å². The topological polar surface area (TPSA) is 201 Å². The number of nitrogens with two attached hydrogens (primary N) is 1. The molecular formula is C37H33N7O7. The molecule has 14 nitrogen and oxygen atoms in total. The van der Waals surface area contributed by atoms with Crippen molar-refractivity contribution in [2.75, 3.05) is 36.5 Å². The van der Waals surface area contributed by atoms with Gasteiger partial charge in [0.2, 0.25) is 5.78 Å². The molecule has 3 aliphatic heterocycles. The summed E-state index contributed by atoms with van der Waals surface area (Å²) in [6.45, 7) is 4.81. The van der Waals surface area contributed by atoms with Crippen molar-refractivity contribution in [1.29, 1.82) is 0 Å². The first-order valence-electron chi connectivity index (χ1n) is 16.9. The molecule has 10 rings (SSSR count). The van der Waals surface area contributed by atoms with Crippen LogP contribution < -0.4 is 20.3 Å². The summed E-state index contributed by atoms with van der Waals surface area (Å²) in [6.07, 6.45) is 5.23. The molecule has 1 saturated heterocycles. The zero-order valence-corrected chi connectivity index (χ0v) is 28.0. The standard InChI is InChI=1S/C37H33N7O7/c1-14-12-39-28-23(45)10-24-37(25(14)28)11-16(37)13-44(24)35(49)22-8-19-17-4-6-42(29(17)31(46)15(2)26(19)40-22)34(48)21-9-20-18-5-7-43(36(38)50)30(18)32(47)33(51-3)27(20)41-21/h8-10,12,16,39-41,46-47H,4-7,11,13H2,1-3H3,(H2,38,50)/t16-,37?/m1/s1. The number of allylic oxidation sites excluding steroid dienone is 2. The van der Waals surface area contributed by atoms with Crippen LogP contribution in [0.4, 0.5) is 16.2 Å². The average molecular weight is 688 g/mol. The van der Waals surface area contributed by atoms with Crippen LogP contribution in [0.15, 0.2) is 30.1 Å². The predicted molar refractivity (Wildman–Crippen MR) is 186 cm³/mol. The summed E-state index contributed by atoms with van der Waals surface area (Å²) in [7, 11) is 1.39. The largest absolute Gasteiger partial charge is 0.505 e. The third-order valence-electron chi connectivity index (χ3n) is 11.9. The zero-order valence-electron chi connectivity index (χ0n) is 28.0. The number of benzene rings is 2. The molecular weight excluding hydrogens is 654 g/mol. The molecule has 14 heteroatoms. The van der Waals surface area contributed by atoms with Gasteiger partial charge in [0.05, 0.1) is 35.2 Å². The predicted octanol–water partition coefficient (Wildman–Crippen LogP) is 4.15. The number of H-pyrrole nitrogens is 3. The van der Waals surface area contributed by atoms with Crippen LogP contribution >= 0.6 is 0 Å². The van der Waals surface area contributed by atoms with Gasteiger partial charge in [-0.1, -0.05) is 0 Å². The van der Waals surface area contributed by atoms with E-state index in [1.54, 1.807) is 30.0 Å². The molecule has 4 amide bonds. The minimum Gasteiger partial charge on any atom is -0.505 e. The van der Waals surface area contributed by atoms with Crippen LogP contribution in [0.3, 0.4) is 0 Å². The first kappa shape index (κ1) is 29.7. The van der Waals surface area contributed by atoms with Gasteiger partial charge >= 0.3 is 6.03 Å². The molecule has 1 spiro atoms. The second-order valence-electron chi connectivity index (χ2n) is 14.3. The van der Waals surface area contributed by atoms with Gasteiger partial charge in [-0.15, -0.1) is 0 Å². The first-order valence-corrected chi connectivity index (χ1v) is 16.9. The highest BCUT2D eigenvalue weighted by Crippen LogP contribution is 2.67. The number of hydrogen-bond acceptors (Lipinski definition) is 7. The van der Waals surface area contributed by atoms with Gasteiger partial charge in [-0.05, 0) is 73.4 Å². The minimum atomic E-state index is -0.703. The lowest BCUT2D eigenvalue weighted by atomic mass is 9.83. The third kappa shape index (κ3) is 3.51. The van der Waals surface area contributed by atoms with Crippen molar-refractivity contribution < 1.29 is 34.1 Å². The number of aromatic nitrogens is 3. The number of fused-ring (bicyclic) bond motifs is 7. The lowest BCUT2D eigenvalue weighted by Crippen LogP contribution is -2.34. The average Bonchev–Trinajstić information content (AvgIpc) is 3.83. The van der Waals surface area contributed by atoms with Gasteiger partial charge in [0.1, 0.15) is 17.1 Å². The number of aromatic hydroxyl groups is 2. The van der Waals surface area contributed by atoms with Gasteiger partial charge in [0, 0.05) is 59.4 Å². The molecule has 1 unspecified atom stereocenters. The van der Waals surface area contributed by atoms with Crippen molar-refractivity contribution in [3.05, 3.63) is 75.0 Å². The van der Waals surface area contributed by atoms with Crippen molar-refractivity contribution in [3.63, 3.8) is 0 Å². The molecule has 5 aliphatic rings. The fourth-order valence-electron chi connectivity index (χ4n) is 9.57. The molecule has 3 aromatic heterocycles. The summed E-state index contributed by atoms with van der Waals surface area (Å²) < 4.78 is 5.51. The van der Waals surface area contributed by atoms with Gasteiger partial charge in [0.25, 0.3) is 11.8 Å². The summed E-state index contributed by atoms with van der Waals surface area (Å²) in [4.78, 5) is 67.6. The number of phenols is 2. The Bertz CT molecular complexity index is 2550. The SMILES string of the molecule is COc1c(O)c2c(c3cc(C(=O)N4CCc5c4c(O)c(C)c4[nH]c(C(=O)N6C[C@H]7CC78C6=CC(=O)c6[nH]cc(C)c68)cc54)[nH]c13)CCN2C(N)=O. The number of rotatable bonds is 3. The quantitative estimate of drug-likeness (QED) is 0.164. The van der Waals surface area contributed by atoms with E-state index in [4.69, 9.17) is 10.5 Å². The number of piperidine rings is 1. The Balaban J connectivity index is 1.02. The Labute approximate surface area is 289 Å². The molecule has 1 saturated carbocycles. The third-order valence-corrected chi connectivity index (χ3v) is 11.9. The Morgan fingerprint density at radius 1 is 0.922 bits per heavy atom. The smallest absolute Gasteiger partial charge is 0.319 e. The van der Waals surface area contributed by atoms with Gasteiger partial charge < -0.3 is 45.4 Å². The second kappa shape index (κ2) is 9.53. The number of primary amides is 1. The van der Waals surface area contributed by atoms with Crippen molar-refractivity contribution in [1.82, 2.24) is 19.9 Å². The van der Waals surface area contributed by atoms with Crippen LogP contribution in [-0.4, -0.2) is 80.4 Å². The maximum absolute atomic E-state index is 14.2. The summed E-state index contributed by atoms with van der Waals surface area (Å²) in [6, 6.07) is 2.76. The molecule has 2 aliphatic carbocycles. The highest BCUT2D eigenvalue weighted by molar-refractivity contribution is 6.15. The van der Waals surface area contributed by atoms with E-state index in [2.05, 4.69) is 15.0 Å². The molecule has 0 radical (unpaired) electrons. The number of aryl methyl sites for hydroxylation is 2. The van der Waals surface area contributed by atoms with E-state index in [0.717, 1.165) is 34.2 Å². The Hall–Kier alpha value is -6.18. The Kier molecular flexibility index (Phi) is 5.55. The first-order chi connectivity index (χ1) is 24.5. The normalized spacial score (nSPS) is 21.2. The fraction of sp³-hybridized carbons (Fsp3) is 0.297. The molecule has 258 valence electrons. The van der Waals surface area contributed by atoms with E-state index >= 15 is 0 Å². The Morgan fingerprint density at radius 3 is 2.24 bits per heavy atom. The summed E-state index contributed by atoms with van der Waals surface area (Å²) in [5.74, 6) is -0.762. The van der Waals surface area contributed by atoms with E-state index in [9.17, 15) is 29.4 Å². The van der Waals surface area contributed by atoms with E-state index in [-0.39, 0.29) is 64.7 Å². The van der Waals surface area contributed by atoms with Crippen LogP contribution in [0, 0.1) is 19.8 Å². The fourth-order valence-corrected chi connectivity index (χ4v) is 9.57. The van der Waals surface area contributed by atoms with Crippen molar-refractivity contribution in [3.8, 4) is 17.2 Å². The molecule has 5 aromatic rings. The summed E-state index contributed by atoms with van der Waals surface area (Å²) >= 11 is 0. The molecule has 0 bridgehead atoms. The lowest BCUT2D eigenvalue weighted by molar-refractivity contribution is 0.0806. The van der Waals surface area contributed by atoms with Crippen LogP contribution in [-0.2, 0) is 18.3 Å². The Morgan fingerprint density at radius 2 is 1.55 bits per heavy atom. The van der Waals surface area contributed by atoms with E-state index in [1.165, 1.54) is 16.9 Å². The number of carbonyl (C=O) groups excluding carboxylic acids is 4. The summed E-state index contributed by atoms with van der Waals surface area (Å²) in [5, 5.41) is 24.0. The number of amides is 4. The number of likely N-dealkylation sites (tertiary alicyclic amines) is 1. The number of urea groups is 1. The monoisotopic (exact) mass is 687 g/mol. The molecule has 51 heavy (non-hydrogen) atoms. The number of hydrogen-bond donors (Lipinski definition) is 6. The molecule has 2 fully saturated rings. The second-order valence-corrected chi connectivity index (χ2v) is 14.3. The molecule has 2 atom stereocenters. The molecule has 6 heterocycles. The number of phenolic OH excluding ortho intramolecular Hbond substituents is 2. The summed E-state index contributed by atoms with van der Waals surface area (Å²) in [5.41, 5.74) is 12.8. The lowest BCUT2D eigenvalue weighted by Gasteiger charge is -2.28. The number of nitrogens with zero attached hydrogens (tertiary/aromatic N) is 3. The van der Waals surface area contributed by atoms with Crippen molar-refractivity contribution >= 4 is 56.8 Å². The van der Waals surface area contributed by atoms with Gasteiger partial charge in [-0.3, -0.25) is 19.3 Å². The maximum atomic E-state index is 14.2. The van der Waals surface area contributed by atoms with Crippen LogP contribution in [0.5, 0.6) is 17.2 Å².